The van der Waals surface area contributed by atoms with E-state index in [4.69, 9.17) is 15.4 Å². The second-order valence-corrected chi connectivity index (χ2v) is 3.56. The highest BCUT2D eigenvalue weighted by molar-refractivity contribution is 5.90. The van der Waals surface area contributed by atoms with Crippen LogP contribution in [0.3, 0.4) is 0 Å². The first-order valence-electron chi connectivity index (χ1n) is 5.17. The molecule has 10 nitrogen and oxygen atoms in total. The van der Waals surface area contributed by atoms with Crippen molar-refractivity contribution in [2.45, 2.75) is 24.9 Å². The van der Waals surface area contributed by atoms with Gasteiger partial charge in [-0.25, -0.2) is 4.79 Å². The highest BCUT2D eigenvalue weighted by atomic mass is 16.5. The van der Waals surface area contributed by atoms with E-state index in [1.165, 1.54) is 12.5 Å². The van der Waals surface area contributed by atoms with Crippen molar-refractivity contribution in [1.29, 1.82) is 0 Å². The van der Waals surface area contributed by atoms with Crippen molar-refractivity contribution in [1.82, 2.24) is 16.1 Å². The van der Waals surface area contributed by atoms with Gasteiger partial charge in [0.25, 0.3) is 0 Å². The third-order valence-corrected chi connectivity index (χ3v) is 2.15. The lowest BCUT2D eigenvalue weighted by atomic mass is 10.1. The van der Waals surface area contributed by atoms with E-state index in [0.717, 1.165) is 0 Å². The van der Waals surface area contributed by atoms with Crippen molar-refractivity contribution in [2.75, 3.05) is 7.05 Å². The van der Waals surface area contributed by atoms with Crippen LogP contribution in [0, 0.1) is 0 Å². The Kier molecular flexibility index (Phi) is 7.07. The van der Waals surface area contributed by atoms with Crippen LogP contribution in [0.4, 0.5) is 0 Å². The van der Waals surface area contributed by atoms with Gasteiger partial charge in [0.1, 0.15) is 12.1 Å². The van der Waals surface area contributed by atoms with Gasteiger partial charge in [0, 0.05) is 7.05 Å². The lowest BCUT2D eigenvalue weighted by molar-refractivity contribution is -0.146. The second-order valence-electron chi connectivity index (χ2n) is 3.56. The molecule has 0 aliphatic carbocycles. The standard InChI is InChI=1S/C9H15N3O7/c1-10-6(13)2-4(8(15)16)11-7(14)3-5(12-19)9(17)18/h4-5,12,19H,2-3H2,1H3,(H,10,13)(H,11,14)(H,15,16)(H,17,18)/t4-,5-/m0/s1. The molecule has 0 heterocycles. The number of aliphatic carboxylic acids is 2. The number of carbonyl (C=O) groups is 4. The maximum absolute atomic E-state index is 11.4. The Labute approximate surface area is 107 Å². The summed E-state index contributed by atoms with van der Waals surface area (Å²) in [7, 11) is 1.30. The minimum absolute atomic E-state index is 0.484. The molecule has 10 heteroatoms. The summed E-state index contributed by atoms with van der Waals surface area (Å²) in [4.78, 5) is 43.7. The van der Waals surface area contributed by atoms with Gasteiger partial charge in [0.2, 0.25) is 11.8 Å². The molecule has 0 aromatic rings. The molecule has 0 aliphatic heterocycles. The lowest BCUT2D eigenvalue weighted by Crippen LogP contribution is -2.46. The molecule has 6 N–H and O–H groups in total. The number of carboxylic acids is 2. The fourth-order valence-corrected chi connectivity index (χ4v) is 1.11. The third kappa shape index (κ3) is 6.33. The third-order valence-electron chi connectivity index (χ3n) is 2.15. The molecule has 0 bridgehead atoms. The Bertz CT molecular complexity index is 371. The van der Waals surface area contributed by atoms with Crippen LogP contribution in [-0.4, -0.2) is 58.3 Å². The molecule has 0 aliphatic rings. The van der Waals surface area contributed by atoms with E-state index in [2.05, 4.69) is 5.32 Å². The van der Waals surface area contributed by atoms with E-state index in [-0.39, 0.29) is 0 Å². The van der Waals surface area contributed by atoms with Crippen molar-refractivity contribution >= 4 is 23.8 Å². The molecular weight excluding hydrogens is 262 g/mol. The van der Waals surface area contributed by atoms with Crippen molar-refractivity contribution in [3.05, 3.63) is 0 Å². The van der Waals surface area contributed by atoms with Crippen LogP contribution in [0.15, 0.2) is 0 Å². The van der Waals surface area contributed by atoms with Crippen molar-refractivity contribution in [2.24, 2.45) is 0 Å². The first kappa shape index (κ1) is 16.8. The van der Waals surface area contributed by atoms with Gasteiger partial charge in [-0.1, -0.05) is 0 Å². The van der Waals surface area contributed by atoms with E-state index < -0.39 is 48.7 Å². The number of hydrogen-bond acceptors (Lipinski definition) is 6. The largest absolute Gasteiger partial charge is 0.480 e. The number of amides is 2. The Morgan fingerprint density at radius 3 is 1.79 bits per heavy atom. The van der Waals surface area contributed by atoms with Gasteiger partial charge < -0.3 is 26.1 Å². The maximum Gasteiger partial charge on any atom is 0.326 e. The van der Waals surface area contributed by atoms with E-state index >= 15 is 0 Å². The number of hydrogen-bond donors (Lipinski definition) is 6. The van der Waals surface area contributed by atoms with Gasteiger partial charge in [-0.05, 0) is 0 Å². The number of carbonyl (C=O) groups excluding carboxylic acids is 2. The fraction of sp³-hybridized carbons (Fsp3) is 0.556. The number of rotatable bonds is 8. The van der Waals surface area contributed by atoms with Gasteiger partial charge in [0.05, 0.1) is 12.8 Å². The molecule has 0 spiro atoms. The summed E-state index contributed by atoms with van der Waals surface area (Å²) in [5.41, 5.74) is 1.40. The molecule has 19 heavy (non-hydrogen) atoms. The van der Waals surface area contributed by atoms with E-state index in [1.54, 1.807) is 0 Å². The predicted octanol–water partition coefficient (Wildman–Crippen LogP) is -2.49. The van der Waals surface area contributed by atoms with Gasteiger partial charge in [-0.15, -0.1) is 0 Å². The highest BCUT2D eigenvalue weighted by Gasteiger charge is 2.26. The van der Waals surface area contributed by atoms with E-state index in [1.807, 2.05) is 5.32 Å². The lowest BCUT2D eigenvalue weighted by Gasteiger charge is -2.15. The summed E-state index contributed by atoms with van der Waals surface area (Å²) >= 11 is 0. The monoisotopic (exact) mass is 277 g/mol. The topological polar surface area (TPSA) is 165 Å². The highest BCUT2D eigenvalue weighted by Crippen LogP contribution is 1.97. The first-order chi connectivity index (χ1) is 8.81. The van der Waals surface area contributed by atoms with E-state index in [9.17, 15) is 19.2 Å². The van der Waals surface area contributed by atoms with Gasteiger partial charge in [-0.3, -0.25) is 14.4 Å². The molecule has 0 aromatic carbocycles. The zero-order valence-corrected chi connectivity index (χ0v) is 10.0. The normalized spacial score (nSPS) is 13.2. The Morgan fingerprint density at radius 2 is 1.42 bits per heavy atom. The average molecular weight is 277 g/mol. The smallest absolute Gasteiger partial charge is 0.326 e. The molecule has 0 radical (unpaired) electrons. The molecule has 0 unspecified atom stereocenters. The fourth-order valence-electron chi connectivity index (χ4n) is 1.11. The molecule has 0 rings (SSSR count). The molecular formula is C9H15N3O7. The molecule has 2 amide bonds. The Morgan fingerprint density at radius 1 is 0.947 bits per heavy atom. The quantitative estimate of drug-likeness (QED) is 0.265. The second kappa shape index (κ2) is 8.00. The summed E-state index contributed by atoms with van der Waals surface area (Å²) in [5, 5.41) is 30.0. The minimum Gasteiger partial charge on any atom is -0.480 e. The van der Waals surface area contributed by atoms with Crippen molar-refractivity contribution < 1.29 is 34.6 Å². The molecule has 108 valence electrons. The summed E-state index contributed by atoms with van der Waals surface area (Å²) in [5.74, 6) is -4.43. The van der Waals surface area contributed by atoms with Crippen LogP contribution in [0.2, 0.25) is 0 Å². The summed E-state index contributed by atoms with van der Waals surface area (Å²) < 4.78 is 0. The van der Waals surface area contributed by atoms with Crippen molar-refractivity contribution in [3.8, 4) is 0 Å². The first-order valence-corrected chi connectivity index (χ1v) is 5.17. The van der Waals surface area contributed by atoms with Crippen LogP contribution in [0.25, 0.3) is 0 Å². The molecule has 0 fully saturated rings. The van der Waals surface area contributed by atoms with Crippen LogP contribution in [0.5, 0.6) is 0 Å². The Hall–Kier alpha value is -2.20. The van der Waals surface area contributed by atoms with Crippen LogP contribution >= 0.6 is 0 Å². The molecule has 2 atom stereocenters. The maximum atomic E-state index is 11.4. The molecule has 0 saturated heterocycles. The zero-order chi connectivity index (χ0) is 15.0. The van der Waals surface area contributed by atoms with Gasteiger partial charge in [0.15, 0.2) is 0 Å². The average Bonchev–Trinajstić information content (AvgIpc) is 2.34. The number of nitrogens with one attached hydrogen (secondary N) is 3. The molecule has 0 saturated carbocycles. The summed E-state index contributed by atoms with van der Waals surface area (Å²) in [6.45, 7) is 0. The Balaban J connectivity index is 4.51. The minimum atomic E-state index is -1.56. The predicted molar refractivity (Wildman–Crippen MR) is 59.2 cm³/mol. The number of carboxylic acid groups (broad SMARTS) is 2. The van der Waals surface area contributed by atoms with Gasteiger partial charge in [-0.2, -0.15) is 5.48 Å². The van der Waals surface area contributed by atoms with Crippen LogP contribution < -0.4 is 16.1 Å². The SMILES string of the molecule is CNC(=O)C[C@H](NC(=O)C[C@H](NO)C(=O)O)C(=O)O. The molecule has 0 aromatic heterocycles. The summed E-state index contributed by atoms with van der Waals surface area (Å²) in [6.07, 6.45) is -1.16. The van der Waals surface area contributed by atoms with Gasteiger partial charge >= 0.3 is 11.9 Å². The van der Waals surface area contributed by atoms with E-state index in [0.29, 0.717) is 0 Å². The van der Waals surface area contributed by atoms with Crippen molar-refractivity contribution in [3.63, 3.8) is 0 Å². The zero-order valence-electron chi connectivity index (χ0n) is 10.0. The number of hydroxylamine groups is 1. The van der Waals surface area contributed by atoms with Crippen LogP contribution in [-0.2, 0) is 19.2 Å². The van der Waals surface area contributed by atoms with Crippen LogP contribution in [0.1, 0.15) is 12.8 Å². The summed E-state index contributed by atoms with van der Waals surface area (Å²) in [6, 6.07) is -3.03.